The van der Waals surface area contributed by atoms with Gasteiger partial charge in [0.15, 0.2) is 0 Å². The zero-order valence-electron chi connectivity index (χ0n) is 13.7. The first-order valence-corrected chi connectivity index (χ1v) is 7.78. The lowest BCUT2D eigenvalue weighted by atomic mass is 9.97. The second kappa shape index (κ2) is 7.57. The smallest absolute Gasteiger partial charge is 0.338 e. The molecule has 4 nitrogen and oxygen atoms in total. The highest BCUT2D eigenvalue weighted by Crippen LogP contribution is 2.26. The SMILES string of the molecule is COC(=O)c1ccc(C=CCn2ccnc2)cc1-c1ccc(F)cc1. The van der Waals surface area contributed by atoms with Crippen molar-refractivity contribution in [2.75, 3.05) is 7.11 Å². The number of imidazole rings is 1. The van der Waals surface area contributed by atoms with Crippen LogP contribution in [-0.4, -0.2) is 22.6 Å². The molecule has 25 heavy (non-hydrogen) atoms. The molecule has 0 saturated heterocycles. The molecule has 0 aliphatic heterocycles. The summed E-state index contributed by atoms with van der Waals surface area (Å²) in [6.07, 6.45) is 9.33. The topological polar surface area (TPSA) is 44.1 Å². The van der Waals surface area contributed by atoms with Crippen molar-refractivity contribution in [2.45, 2.75) is 6.54 Å². The van der Waals surface area contributed by atoms with Crippen molar-refractivity contribution in [3.05, 3.63) is 84.2 Å². The molecular formula is C20H17FN2O2. The van der Waals surface area contributed by atoms with Gasteiger partial charge in [-0.25, -0.2) is 14.2 Å². The summed E-state index contributed by atoms with van der Waals surface area (Å²) in [6.45, 7) is 0.699. The number of nitrogens with zero attached hydrogens (tertiary/aromatic N) is 2. The van der Waals surface area contributed by atoms with Gasteiger partial charge in [0.25, 0.3) is 0 Å². The Kier molecular flexibility index (Phi) is 5.04. The van der Waals surface area contributed by atoms with Crippen LogP contribution in [0.2, 0.25) is 0 Å². The zero-order valence-corrected chi connectivity index (χ0v) is 13.7. The molecule has 0 aliphatic carbocycles. The molecule has 5 heteroatoms. The molecule has 0 bridgehead atoms. The fraction of sp³-hybridized carbons (Fsp3) is 0.100. The number of allylic oxidation sites excluding steroid dienone is 1. The van der Waals surface area contributed by atoms with E-state index in [1.165, 1.54) is 19.2 Å². The summed E-state index contributed by atoms with van der Waals surface area (Å²) in [4.78, 5) is 16.0. The Morgan fingerprint density at radius 1 is 1.24 bits per heavy atom. The fourth-order valence-corrected chi connectivity index (χ4v) is 2.53. The summed E-state index contributed by atoms with van der Waals surface area (Å²) in [6, 6.07) is 11.5. The molecule has 0 saturated carbocycles. The maximum absolute atomic E-state index is 13.2. The Morgan fingerprint density at radius 2 is 2.04 bits per heavy atom. The molecule has 3 aromatic rings. The van der Waals surface area contributed by atoms with Crippen molar-refractivity contribution < 1.29 is 13.9 Å². The van der Waals surface area contributed by atoms with Crippen LogP contribution in [0.4, 0.5) is 4.39 Å². The molecule has 0 unspecified atom stereocenters. The summed E-state index contributed by atoms with van der Waals surface area (Å²) in [5.41, 5.74) is 2.84. The van der Waals surface area contributed by atoms with Gasteiger partial charge in [-0.05, 0) is 41.0 Å². The van der Waals surface area contributed by atoms with Crippen LogP contribution in [-0.2, 0) is 11.3 Å². The van der Waals surface area contributed by atoms with E-state index in [0.717, 1.165) is 11.1 Å². The summed E-state index contributed by atoms with van der Waals surface area (Å²) < 4.78 is 20.0. The van der Waals surface area contributed by atoms with Gasteiger partial charge in [-0.15, -0.1) is 0 Å². The number of ether oxygens (including phenoxy) is 1. The van der Waals surface area contributed by atoms with Crippen LogP contribution in [0.15, 0.2) is 67.3 Å². The minimum Gasteiger partial charge on any atom is -0.465 e. The highest BCUT2D eigenvalue weighted by atomic mass is 19.1. The summed E-state index contributed by atoms with van der Waals surface area (Å²) in [7, 11) is 1.34. The largest absolute Gasteiger partial charge is 0.465 e. The molecular weight excluding hydrogens is 319 g/mol. The number of carbonyl (C=O) groups excluding carboxylic acids is 1. The quantitative estimate of drug-likeness (QED) is 0.656. The maximum Gasteiger partial charge on any atom is 0.338 e. The summed E-state index contributed by atoms with van der Waals surface area (Å²) >= 11 is 0. The van der Waals surface area contributed by atoms with Gasteiger partial charge < -0.3 is 9.30 Å². The molecule has 0 aliphatic rings. The van der Waals surface area contributed by atoms with Crippen molar-refractivity contribution in [1.82, 2.24) is 9.55 Å². The Bertz CT molecular complexity index is 885. The maximum atomic E-state index is 13.2. The number of hydrogen-bond acceptors (Lipinski definition) is 3. The third-order valence-corrected chi connectivity index (χ3v) is 3.79. The van der Waals surface area contributed by atoms with E-state index in [2.05, 4.69) is 4.98 Å². The molecule has 0 fully saturated rings. The Labute approximate surface area is 145 Å². The van der Waals surface area contributed by atoms with Crippen LogP contribution in [0.3, 0.4) is 0 Å². The lowest BCUT2D eigenvalue weighted by Gasteiger charge is -2.10. The monoisotopic (exact) mass is 336 g/mol. The predicted octanol–water partition coefficient (Wildman–Crippen LogP) is 4.19. The normalized spacial score (nSPS) is 11.0. The first-order valence-electron chi connectivity index (χ1n) is 7.78. The number of esters is 1. The van der Waals surface area contributed by atoms with E-state index >= 15 is 0 Å². The van der Waals surface area contributed by atoms with Crippen molar-refractivity contribution in [3.63, 3.8) is 0 Å². The number of carbonyl (C=O) groups is 1. The molecule has 1 heterocycles. The highest BCUT2D eigenvalue weighted by Gasteiger charge is 2.13. The summed E-state index contributed by atoms with van der Waals surface area (Å²) in [5, 5.41) is 0. The van der Waals surface area contributed by atoms with E-state index in [-0.39, 0.29) is 5.82 Å². The number of aromatic nitrogens is 2. The molecule has 0 spiro atoms. The van der Waals surface area contributed by atoms with Crippen molar-refractivity contribution in [1.29, 1.82) is 0 Å². The molecule has 0 N–H and O–H groups in total. The van der Waals surface area contributed by atoms with Crippen LogP contribution in [0, 0.1) is 5.82 Å². The first-order chi connectivity index (χ1) is 12.2. The Balaban J connectivity index is 1.93. The first kappa shape index (κ1) is 16.6. The lowest BCUT2D eigenvalue weighted by Crippen LogP contribution is -2.03. The van der Waals surface area contributed by atoms with E-state index < -0.39 is 5.97 Å². The minimum atomic E-state index is -0.423. The molecule has 0 radical (unpaired) electrons. The average Bonchev–Trinajstić information content (AvgIpc) is 3.15. The number of rotatable bonds is 5. The van der Waals surface area contributed by atoms with E-state index in [1.807, 2.05) is 35.0 Å². The second-order valence-electron chi connectivity index (χ2n) is 5.47. The van der Waals surface area contributed by atoms with Crippen molar-refractivity contribution >= 4 is 12.0 Å². The third-order valence-electron chi connectivity index (χ3n) is 3.79. The van der Waals surface area contributed by atoms with Gasteiger partial charge >= 0.3 is 5.97 Å². The van der Waals surface area contributed by atoms with E-state index in [9.17, 15) is 9.18 Å². The minimum absolute atomic E-state index is 0.320. The standard InChI is InChI=1S/C20H17FN2O2/c1-25-20(24)18-9-4-15(3-2-11-23-12-10-22-14-23)13-19(18)16-5-7-17(21)8-6-16/h2-10,12-14H,11H2,1H3. The number of hydrogen-bond donors (Lipinski definition) is 0. The van der Waals surface area contributed by atoms with Gasteiger partial charge in [0, 0.05) is 18.9 Å². The molecule has 126 valence electrons. The van der Waals surface area contributed by atoms with Crippen LogP contribution < -0.4 is 0 Å². The van der Waals surface area contributed by atoms with Gasteiger partial charge in [-0.3, -0.25) is 0 Å². The van der Waals surface area contributed by atoms with Crippen LogP contribution in [0.25, 0.3) is 17.2 Å². The summed E-state index contributed by atoms with van der Waals surface area (Å²) in [5.74, 6) is -0.743. The van der Waals surface area contributed by atoms with E-state index in [0.29, 0.717) is 17.7 Å². The Morgan fingerprint density at radius 3 is 2.72 bits per heavy atom. The van der Waals surface area contributed by atoms with E-state index in [1.54, 1.807) is 30.7 Å². The van der Waals surface area contributed by atoms with Crippen LogP contribution in [0.5, 0.6) is 0 Å². The van der Waals surface area contributed by atoms with Crippen molar-refractivity contribution in [3.8, 4) is 11.1 Å². The molecule has 0 amide bonds. The fourth-order valence-electron chi connectivity index (χ4n) is 2.53. The lowest BCUT2D eigenvalue weighted by molar-refractivity contribution is 0.0601. The third kappa shape index (κ3) is 4.01. The molecule has 0 atom stereocenters. The van der Waals surface area contributed by atoms with Gasteiger partial charge in [0.1, 0.15) is 5.82 Å². The van der Waals surface area contributed by atoms with Gasteiger partial charge in [0.2, 0.25) is 0 Å². The highest BCUT2D eigenvalue weighted by molar-refractivity contribution is 5.97. The zero-order chi connectivity index (χ0) is 17.6. The second-order valence-corrected chi connectivity index (χ2v) is 5.47. The number of halogens is 1. The number of methoxy groups -OCH3 is 1. The van der Waals surface area contributed by atoms with Crippen molar-refractivity contribution in [2.24, 2.45) is 0 Å². The molecule has 2 aromatic carbocycles. The van der Waals surface area contributed by atoms with Gasteiger partial charge in [0.05, 0.1) is 19.0 Å². The number of benzene rings is 2. The predicted molar refractivity (Wildman–Crippen MR) is 94.4 cm³/mol. The molecule has 3 rings (SSSR count). The van der Waals surface area contributed by atoms with Crippen LogP contribution in [0.1, 0.15) is 15.9 Å². The van der Waals surface area contributed by atoms with Crippen LogP contribution >= 0.6 is 0 Å². The average molecular weight is 336 g/mol. The van der Waals surface area contributed by atoms with Gasteiger partial charge in [-0.2, -0.15) is 0 Å². The Hall–Kier alpha value is -3.21. The van der Waals surface area contributed by atoms with E-state index in [4.69, 9.17) is 4.74 Å². The molecule has 1 aromatic heterocycles. The van der Waals surface area contributed by atoms with Gasteiger partial charge in [-0.1, -0.05) is 30.4 Å².